The molecule has 2 rings (SSSR count). The molecule has 4 heteroatoms. The Balaban J connectivity index is 1.88. The lowest BCUT2D eigenvalue weighted by Crippen LogP contribution is -2.53. The lowest BCUT2D eigenvalue weighted by Gasteiger charge is -2.38. The highest BCUT2D eigenvalue weighted by atomic mass is 35.5. The molecule has 17 heavy (non-hydrogen) atoms. The van der Waals surface area contributed by atoms with E-state index in [1.54, 1.807) is 11.3 Å². The molecule has 1 unspecified atom stereocenters. The van der Waals surface area contributed by atoms with Gasteiger partial charge in [0.2, 0.25) is 0 Å². The number of thiophene rings is 1. The van der Waals surface area contributed by atoms with E-state index in [1.807, 2.05) is 6.07 Å². The first kappa shape index (κ1) is 13.3. The Morgan fingerprint density at radius 3 is 3.00 bits per heavy atom. The van der Waals surface area contributed by atoms with Gasteiger partial charge in [0, 0.05) is 37.1 Å². The van der Waals surface area contributed by atoms with Gasteiger partial charge in [0.15, 0.2) is 0 Å². The molecule has 1 aromatic rings. The maximum Gasteiger partial charge on any atom is 0.0931 e. The number of hydrogen-bond donors (Lipinski definition) is 1. The van der Waals surface area contributed by atoms with Crippen LogP contribution in [0.1, 0.15) is 18.7 Å². The topological polar surface area (TPSA) is 15.3 Å². The van der Waals surface area contributed by atoms with Crippen LogP contribution in [-0.2, 0) is 6.42 Å². The summed E-state index contributed by atoms with van der Waals surface area (Å²) in [6.07, 6.45) is 1.13. The maximum absolute atomic E-state index is 5.96. The van der Waals surface area contributed by atoms with E-state index in [4.69, 9.17) is 11.6 Å². The van der Waals surface area contributed by atoms with Crippen molar-refractivity contribution in [3.05, 3.63) is 21.3 Å². The van der Waals surface area contributed by atoms with Crippen LogP contribution in [0.3, 0.4) is 0 Å². The van der Waals surface area contributed by atoms with Crippen LogP contribution in [0.25, 0.3) is 0 Å². The van der Waals surface area contributed by atoms with Crippen molar-refractivity contribution in [2.45, 2.75) is 26.3 Å². The Labute approximate surface area is 113 Å². The van der Waals surface area contributed by atoms with Gasteiger partial charge in [-0.3, -0.25) is 4.90 Å². The van der Waals surface area contributed by atoms with Crippen molar-refractivity contribution in [3.63, 3.8) is 0 Å². The average Bonchev–Trinajstić information content (AvgIpc) is 2.73. The van der Waals surface area contributed by atoms with Crippen LogP contribution in [0.4, 0.5) is 0 Å². The van der Waals surface area contributed by atoms with Crippen molar-refractivity contribution in [2.75, 3.05) is 26.2 Å². The summed E-state index contributed by atoms with van der Waals surface area (Å²) in [5.41, 5.74) is 0. The van der Waals surface area contributed by atoms with E-state index in [0.717, 1.165) is 36.3 Å². The van der Waals surface area contributed by atoms with Crippen LogP contribution >= 0.6 is 22.9 Å². The van der Waals surface area contributed by atoms with Gasteiger partial charge in [0.05, 0.1) is 4.34 Å². The van der Waals surface area contributed by atoms with E-state index in [1.165, 1.54) is 11.4 Å². The molecule has 0 saturated carbocycles. The minimum absolute atomic E-state index is 0.680. The molecule has 0 spiro atoms. The molecule has 96 valence electrons. The third-order valence-corrected chi connectivity index (χ3v) is 4.73. The number of nitrogens with zero attached hydrogens (tertiary/aromatic N) is 1. The maximum atomic E-state index is 5.96. The average molecular weight is 273 g/mol. The first-order valence-corrected chi connectivity index (χ1v) is 7.55. The zero-order chi connectivity index (χ0) is 12.3. The second-order valence-corrected chi connectivity index (χ2v) is 6.81. The van der Waals surface area contributed by atoms with Crippen molar-refractivity contribution < 1.29 is 0 Å². The third kappa shape index (κ3) is 3.68. The zero-order valence-electron chi connectivity index (χ0n) is 10.6. The third-order valence-electron chi connectivity index (χ3n) is 3.44. The van der Waals surface area contributed by atoms with Gasteiger partial charge >= 0.3 is 0 Å². The van der Waals surface area contributed by atoms with E-state index in [2.05, 4.69) is 30.1 Å². The van der Waals surface area contributed by atoms with E-state index >= 15 is 0 Å². The molecule has 0 bridgehead atoms. The first-order valence-electron chi connectivity index (χ1n) is 6.36. The fourth-order valence-corrected chi connectivity index (χ4v) is 3.52. The number of halogens is 1. The van der Waals surface area contributed by atoms with Gasteiger partial charge in [-0.1, -0.05) is 25.4 Å². The van der Waals surface area contributed by atoms with Gasteiger partial charge in [-0.2, -0.15) is 0 Å². The summed E-state index contributed by atoms with van der Waals surface area (Å²) in [7, 11) is 0. The molecule has 1 N–H and O–H groups in total. The first-order chi connectivity index (χ1) is 8.16. The summed E-state index contributed by atoms with van der Waals surface area (Å²) < 4.78 is 0.903. The van der Waals surface area contributed by atoms with Gasteiger partial charge < -0.3 is 5.32 Å². The summed E-state index contributed by atoms with van der Waals surface area (Å²) in [5.74, 6) is 0.717. The highest BCUT2D eigenvalue weighted by Crippen LogP contribution is 2.22. The summed E-state index contributed by atoms with van der Waals surface area (Å²) in [6.45, 7) is 9.19. The van der Waals surface area contributed by atoms with Gasteiger partial charge in [-0.25, -0.2) is 0 Å². The largest absolute Gasteiger partial charge is 0.314 e. The van der Waals surface area contributed by atoms with Crippen molar-refractivity contribution in [1.29, 1.82) is 0 Å². The second kappa shape index (κ2) is 6.19. The quantitative estimate of drug-likeness (QED) is 0.907. The fraction of sp³-hybridized carbons (Fsp3) is 0.692. The lowest BCUT2D eigenvalue weighted by molar-refractivity contribution is 0.126. The van der Waals surface area contributed by atoms with Crippen molar-refractivity contribution >= 4 is 22.9 Å². The molecule has 1 aliphatic heterocycles. The predicted molar refractivity (Wildman–Crippen MR) is 76.1 cm³/mol. The molecular formula is C13H21ClN2S. The minimum Gasteiger partial charge on any atom is -0.314 e. The number of rotatable bonds is 4. The number of hydrogen-bond acceptors (Lipinski definition) is 3. The van der Waals surface area contributed by atoms with E-state index in [9.17, 15) is 0 Å². The molecule has 0 aromatic carbocycles. The summed E-state index contributed by atoms with van der Waals surface area (Å²) in [6, 6.07) is 4.83. The Morgan fingerprint density at radius 2 is 2.35 bits per heavy atom. The van der Waals surface area contributed by atoms with Crippen molar-refractivity contribution in [1.82, 2.24) is 10.2 Å². The van der Waals surface area contributed by atoms with Crippen LogP contribution in [0.15, 0.2) is 12.1 Å². The Kier molecular flexibility index (Phi) is 4.86. The molecule has 2 heterocycles. The standard InChI is InChI=1S/C13H21ClN2S/c1-10(2)12-9-15-6-8-16(12)7-5-11-3-4-13(14)17-11/h3-4,10,12,15H,5-9H2,1-2H3. The van der Waals surface area contributed by atoms with Crippen LogP contribution in [0, 0.1) is 5.92 Å². The van der Waals surface area contributed by atoms with Gasteiger partial charge in [0.1, 0.15) is 0 Å². The monoisotopic (exact) mass is 272 g/mol. The number of nitrogens with one attached hydrogen (secondary N) is 1. The highest BCUT2D eigenvalue weighted by molar-refractivity contribution is 7.16. The highest BCUT2D eigenvalue weighted by Gasteiger charge is 2.24. The molecular weight excluding hydrogens is 252 g/mol. The second-order valence-electron chi connectivity index (χ2n) is 5.01. The molecule has 1 fully saturated rings. The fourth-order valence-electron chi connectivity index (χ4n) is 2.44. The van der Waals surface area contributed by atoms with Crippen LogP contribution in [-0.4, -0.2) is 37.1 Å². The van der Waals surface area contributed by atoms with Gasteiger partial charge in [-0.15, -0.1) is 11.3 Å². The smallest absolute Gasteiger partial charge is 0.0931 e. The molecule has 0 aliphatic carbocycles. The number of piperazine rings is 1. The summed E-state index contributed by atoms with van der Waals surface area (Å²) in [4.78, 5) is 4.02. The SMILES string of the molecule is CC(C)C1CNCCN1CCc1ccc(Cl)s1. The molecule has 1 aromatic heterocycles. The Hall–Kier alpha value is -0.0900. The summed E-state index contributed by atoms with van der Waals surface area (Å²) >= 11 is 7.67. The van der Waals surface area contributed by atoms with Gasteiger partial charge in [0.25, 0.3) is 0 Å². The Morgan fingerprint density at radius 1 is 1.53 bits per heavy atom. The van der Waals surface area contributed by atoms with Gasteiger partial charge in [-0.05, 0) is 24.5 Å². The predicted octanol–water partition coefficient (Wildman–Crippen LogP) is 2.87. The summed E-state index contributed by atoms with van der Waals surface area (Å²) in [5, 5.41) is 3.49. The Bertz CT molecular complexity index is 351. The van der Waals surface area contributed by atoms with E-state index in [-0.39, 0.29) is 0 Å². The van der Waals surface area contributed by atoms with Crippen LogP contribution in [0.2, 0.25) is 4.34 Å². The molecule has 0 amide bonds. The van der Waals surface area contributed by atoms with E-state index < -0.39 is 0 Å². The molecule has 1 aliphatic rings. The van der Waals surface area contributed by atoms with Crippen LogP contribution < -0.4 is 5.32 Å². The zero-order valence-corrected chi connectivity index (χ0v) is 12.2. The van der Waals surface area contributed by atoms with Crippen molar-refractivity contribution in [2.24, 2.45) is 5.92 Å². The lowest BCUT2D eigenvalue weighted by atomic mass is 10.0. The molecule has 2 nitrogen and oxygen atoms in total. The molecule has 1 saturated heterocycles. The molecule has 1 atom stereocenters. The van der Waals surface area contributed by atoms with E-state index in [0.29, 0.717) is 6.04 Å². The van der Waals surface area contributed by atoms with Crippen molar-refractivity contribution in [3.8, 4) is 0 Å². The normalized spacial score (nSPS) is 22.2. The minimum atomic E-state index is 0.680. The van der Waals surface area contributed by atoms with Crippen LogP contribution in [0.5, 0.6) is 0 Å². The molecule has 0 radical (unpaired) electrons.